The zero-order valence-electron chi connectivity index (χ0n) is 14.0. The number of piperidine rings is 1. The number of aromatic nitrogens is 4. The van der Waals surface area contributed by atoms with Crippen LogP contribution < -0.4 is 9.64 Å². The third kappa shape index (κ3) is 3.97. The maximum absolute atomic E-state index is 6.08. The number of nitrogens with zero attached hydrogens (tertiary/aromatic N) is 5. The van der Waals surface area contributed by atoms with Gasteiger partial charge in [-0.05, 0) is 36.0 Å². The maximum Gasteiger partial charge on any atom is 0.235 e. The average molecular weight is 410 g/mol. The largest absolute Gasteiger partial charge is 0.473 e. The fourth-order valence-corrected chi connectivity index (χ4v) is 3.41. The average Bonchev–Trinajstić information content (AvgIpc) is 2.59. The van der Waals surface area contributed by atoms with E-state index in [0.717, 1.165) is 52.8 Å². The molecule has 6 nitrogen and oxygen atoms in total. The van der Waals surface area contributed by atoms with Crippen molar-refractivity contribution in [3.05, 3.63) is 28.3 Å². The van der Waals surface area contributed by atoms with E-state index in [1.54, 1.807) is 18.0 Å². The first kappa shape index (κ1) is 17.4. The van der Waals surface area contributed by atoms with Crippen LogP contribution in [-0.2, 0) is 0 Å². The summed E-state index contributed by atoms with van der Waals surface area (Å²) in [6.45, 7) is 5.65. The summed E-state index contributed by atoms with van der Waals surface area (Å²) in [7, 11) is 0. The van der Waals surface area contributed by atoms with E-state index in [4.69, 9.17) is 4.74 Å². The Balaban J connectivity index is 1.65. The molecule has 3 heterocycles. The Bertz CT molecular complexity index is 722. The van der Waals surface area contributed by atoms with Crippen LogP contribution in [0.1, 0.15) is 24.2 Å². The van der Waals surface area contributed by atoms with Gasteiger partial charge in [0.2, 0.25) is 5.88 Å². The van der Waals surface area contributed by atoms with Crippen LogP contribution in [0.4, 0.5) is 5.82 Å². The van der Waals surface area contributed by atoms with Crippen LogP contribution in [0.3, 0.4) is 0 Å². The van der Waals surface area contributed by atoms with E-state index >= 15 is 0 Å². The van der Waals surface area contributed by atoms with Crippen molar-refractivity contribution >= 4 is 33.5 Å². The predicted octanol–water partition coefficient (Wildman–Crippen LogP) is 3.42. The molecule has 1 saturated heterocycles. The van der Waals surface area contributed by atoms with Gasteiger partial charge in [-0.2, -0.15) is 0 Å². The van der Waals surface area contributed by atoms with Gasteiger partial charge in [0.15, 0.2) is 5.16 Å². The molecular formula is C16H20BrN5OS. The zero-order valence-corrected chi connectivity index (χ0v) is 16.4. The molecule has 2 aromatic heterocycles. The van der Waals surface area contributed by atoms with Crippen molar-refractivity contribution in [1.82, 2.24) is 19.9 Å². The van der Waals surface area contributed by atoms with Crippen molar-refractivity contribution in [1.29, 1.82) is 0 Å². The van der Waals surface area contributed by atoms with Crippen LogP contribution in [0.5, 0.6) is 5.88 Å². The van der Waals surface area contributed by atoms with Gasteiger partial charge in [0.25, 0.3) is 0 Å². The van der Waals surface area contributed by atoms with Crippen LogP contribution in [0.2, 0.25) is 0 Å². The molecule has 128 valence electrons. The third-order valence-electron chi connectivity index (χ3n) is 3.94. The van der Waals surface area contributed by atoms with Gasteiger partial charge in [-0.1, -0.05) is 11.8 Å². The monoisotopic (exact) mass is 409 g/mol. The molecule has 8 heteroatoms. The summed E-state index contributed by atoms with van der Waals surface area (Å²) in [6, 6.07) is 0. The normalized spacial score (nSPS) is 15.6. The van der Waals surface area contributed by atoms with E-state index in [0.29, 0.717) is 5.88 Å². The van der Waals surface area contributed by atoms with E-state index in [1.165, 1.54) is 0 Å². The Morgan fingerprint density at radius 1 is 1.17 bits per heavy atom. The zero-order chi connectivity index (χ0) is 17.1. The number of hydrogen-bond donors (Lipinski definition) is 0. The molecule has 0 spiro atoms. The van der Waals surface area contributed by atoms with Gasteiger partial charge >= 0.3 is 0 Å². The van der Waals surface area contributed by atoms with Crippen molar-refractivity contribution < 1.29 is 4.74 Å². The summed E-state index contributed by atoms with van der Waals surface area (Å²) in [5.74, 6) is 1.61. The maximum atomic E-state index is 6.08. The number of ether oxygens (including phenoxy) is 1. The topological polar surface area (TPSA) is 64.0 Å². The molecular weight excluding hydrogens is 390 g/mol. The molecule has 0 unspecified atom stereocenters. The van der Waals surface area contributed by atoms with Gasteiger partial charge in [0.05, 0.1) is 15.9 Å². The first-order chi connectivity index (χ1) is 11.6. The second kappa shape index (κ2) is 7.65. The Kier molecular flexibility index (Phi) is 5.55. The lowest BCUT2D eigenvalue weighted by Gasteiger charge is -2.33. The van der Waals surface area contributed by atoms with E-state index in [-0.39, 0.29) is 6.10 Å². The van der Waals surface area contributed by atoms with Gasteiger partial charge < -0.3 is 9.64 Å². The molecule has 24 heavy (non-hydrogen) atoms. The fraction of sp³-hybridized carbons (Fsp3) is 0.500. The first-order valence-corrected chi connectivity index (χ1v) is 9.87. The summed E-state index contributed by atoms with van der Waals surface area (Å²) in [4.78, 5) is 19.9. The molecule has 0 N–H and O–H groups in total. The SMILES string of the molecule is CSc1ncc(Br)c(N2CCC(Oc3nc(C)cnc3C)CC2)n1. The lowest BCUT2D eigenvalue weighted by atomic mass is 10.1. The Labute approximate surface area is 154 Å². The number of rotatable bonds is 4. The van der Waals surface area contributed by atoms with Gasteiger partial charge in [-0.15, -0.1) is 0 Å². The molecule has 0 aliphatic carbocycles. The highest BCUT2D eigenvalue weighted by Crippen LogP contribution is 2.28. The lowest BCUT2D eigenvalue weighted by Crippen LogP contribution is -2.39. The van der Waals surface area contributed by atoms with Crippen LogP contribution in [0.15, 0.2) is 22.0 Å². The number of anilines is 1. The minimum Gasteiger partial charge on any atom is -0.473 e. The Morgan fingerprint density at radius 3 is 2.62 bits per heavy atom. The number of hydrogen-bond acceptors (Lipinski definition) is 7. The quantitative estimate of drug-likeness (QED) is 0.565. The molecule has 1 aliphatic rings. The standard InChI is InChI=1S/C16H20BrN5OS/c1-10-8-18-11(2)15(20-10)23-12-4-6-22(7-5-12)14-13(17)9-19-16(21-14)24-3/h8-9,12H,4-7H2,1-3H3. The molecule has 1 aliphatic heterocycles. The van der Waals surface area contributed by atoms with Crippen LogP contribution in [-0.4, -0.2) is 45.4 Å². The van der Waals surface area contributed by atoms with Crippen LogP contribution in [0.25, 0.3) is 0 Å². The highest BCUT2D eigenvalue weighted by Gasteiger charge is 2.24. The molecule has 3 rings (SSSR count). The molecule has 0 bridgehead atoms. The van der Waals surface area contributed by atoms with E-state index in [1.807, 2.05) is 26.3 Å². The van der Waals surface area contributed by atoms with Crippen LogP contribution >= 0.6 is 27.7 Å². The molecule has 2 aromatic rings. The molecule has 0 aromatic carbocycles. The highest BCUT2D eigenvalue weighted by atomic mass is 79.9. The molecule has 1 fully saturated rings. The molecule has 0 amide bonds. The van der Waals surface area contributed by atoms with Gasteiger partial charge in [-0.3, -0.25) is 4.98 Å². The smallest absolute Gasteiger partial charge is 0.235 e. The van der Waals surface area contributed by atoms with E-state index in [9.17, 15) is 0 Å². The van der Waals surface area contributed by atoms with Crippen LogP contribution in [0, 0.1) is 13.8 Å². The second-order valence-corrected chi connectivity index (χ2v) is 7.36. The highest BCUT2D eigenvalue weighted by molar-refractivity contribution is 9.10. The van der Waals surface area contributed by atoms with Gasteiger partial charge in [0.1, 0.15) is 11.9 Å². The van der Waals surface area contributed by atoms with E-state index < -0.39 is 0 Å². The number of thioether (sulfide) groups is 1. The summed E-state index contributed by atoms with van der Waals surface area (Å²) >= 11 is 5.11. The van der Waals surface area contributed by atoms with Crippen molar-refractivity contribution in [2.24, 2.45) is 0 Å². The molecule has 0 saturated carbocycles. The van der Waals surface area contributed by atoms with Crippen molar-refractivity contribution in [2.45, 2.75) is 37.9 Å². The Morgan fingerprint density at radius 2 is 1.92 bits per heavy atom. The molecule has 0 radical (unpaired) electrons. The van der Waals surface area contributed by atoms with E-state index in [2.05, 4.69) is 40.8 Å². The van der Waals surface area contributed by atoms with Gasteiger partial charge in [-0.25, -0.2) is 15.0 Å². The first-order valence-electron chi connectivity index (χ1n) is 7.85. The second-order valence-electron chi connectivity index (χ2n) is 5.73. The minimum absolute atomic E-state index is 0.164. The Hall–Kier alpha value is -1.41. The van der Waals surface area contributed by atoms with Crippen molar-refractivity contribution in [3.63, 3.8) is 0 Å². The summed E-state index contributed by atoms with van der Waals surface area (Å²) in [5.41, 5.74) is 1.72. The fourth-order valence-electron chi connectivity index (χ4n) is 2.63. The number of halogens is 1. The van der Waals surface area contributed by atoms with Gasteiger partial charge in [0, 0.05) is 38.3 Å². The summed E-state index contributed by atoms with van der Waals surface area (Å²) in [6.07, 6.45) is 7.60. The van der Waals surface area contributed by atoms with Crippen molar-refractivity contribution in [2.75, 3.05) is 24.2 Å². The third-order valence-corrected chi connectivity index (χ3v) is 5.06. The molecule has 0 atom stereocenters. The minimum atomic E-state index is 0.164. The summed E-state index contributed by atoms with van der Waals surface area (Å²) in [5, 5.41) is 0.789. The summed E-state index contributed by atoms with van der Waals surface area (Å²) < 4.78 is 7.01. The predicted molar refractivity (Wildman–Crippen MR) is 98.9 cm³/mol. The van der Waals surface area contributed by atoms with Crippen molar-refractivity contribution in [3.8, 4) is 5.88 Å². The number of aryl methyl sites for hydroxylation is 2. The lowest BCUT2D eigenvalue weighted by molar-refractivity contribution is 0.161.